The van der Waals surface area contributed by atoms with Gasteiger partial charge in [-0.2, -0.15) is 0 Å². The molecule has 2 N–H and O–H groups in total. The van der Waals surface area contributed by atoms with Crippen LogP contribution in [0.2, 0.25) is 0 Å². The number of rotatable bonds is 5. The number of aromatic hydroxyl groups is 1. The van der Waals surface area contributed by atoms with Crippen molar-refractivity contribution in [2.24, 2.45) is 0 Å². The highest BCUT2D eigenvalue weighted by atomic mass is 16.5. The van der Waals surface area contributed by atoms with Gasteiger partial charge in [-0.1, -0.05) is 18.2 Å². The molecule has 34 heavy (non-hydrogen) atoms. The molecule has 0 aliphatic carbocycles. The van der Waals surface area contributed by atoms with Gasteiger partial charge in [0, 0.05) is 5.69 Å². The molecule has 4 aromatic rings. The quantitative estimate of drug-likeness (QED) is 0.434. The first kappa shape index (κ1) is 21.4. The Hall–Kier alpha value is -4.46. The smallest absolute Gasteiger partial charge is 0.344 e. The zero-order valence-electron chi connectivity index (χ0n) is 18.4. The molecular formula is C26H21NO7. The molecule has 0 fully saturated rings. The van der Waals surface area contributed by atoms with Crippen molar-refractivity contribution in [1.82, 2.24) is 0 Å². The molecule has 8 nitrogen and oxygen atoms in total. The average Bonchev–Trinajstić information content (AvgIpc) is 3.27. The van der Waals surface area contributed by atoms with Crippen LogP contribution < -0.4 is 25.2 Å². The van der Waals surface area contributed by atoms with Crippen LogP contribution in [-0.2, 0) is 4.79 Å². The normalized spacial score (nSPS) is 16.5. The van der Waals surface area contributed by atoms with Crippen LogP contribution in [0.1, 0.15) is 17.0 Å². The largest absolute Gasteiger partial charge is 0.504 e. The standard InChI is InChI=1S/C26H21NO7/c1-31-16-10-8-15(9-11-16)27-25(29)24-21(14-7-12-18(28)20(13-14)32-2)22-23(34-24)17-5-3-4-6-19(17)33-26(22)30/h3-13,21,24,28H,1-2H3,(H,27,29)/t21-,24-/m1/s1. The summed E-state index contributed by atoms with van der Waals surface area (Å²) in [6.07, 6.45) is -1.07. The van der Waals surface area contributed by atoms with Crippen molar-refractivity contribution in [2.45, 2.75) is 12.0 Å². The van der Waals surface area contributed by atoms with Crippen LogP contribution in [0.5, 0.6) is 23.0 Å². The summed E-state index contributed by atoms with van der Waals surface area (Å²) in [5.41, 5.74) is 1.12. The monoisotopic (exact) mass is 459 g/mol. The number of hydrogen-bond donors (Lipinski definition) is 2. The van der Waals surface area contributed by atoms with E-state index in [4.69, 9.17) is 18.6 Å². The van der Waals surface area contributed by atoms with E-state index in [-0.39, 0.29) is 17.1 Å². The third-order valence-electron chi connectivity index (χ3n) is 5.84. The fourth-order valence-electron chi connectivity index (χ4n) is 4.20. The summed E-state index contributed by atoms with van der Waals surface area (Å²) in [5.74, 6) is -0.120. The highest BCUT2D eigenvalue weighted by Gasteiger charge is 2.44. The second kappa shape index (κ2) is 8.47. The van der Waals surface area contributed by atoms with E-state index in [9.17, 15) is 14.7 Å². The summed E-state index contributed by atoms with van der Waals surface area (Å²) in [6, 6.07) is 18.5. The summed E-state index contributed by atoms with van der Waals surface area (Å²) < 4.78 is 22.1. The van der Waals surface area contributed by atoms with E-state index in [1.165, 1.54) is 13.2 Å². The van der Waals surface area contributed by atoms with Crippen molar-refractivity contribution >= 4 is 22.6 Å². The molecule has 0 bridgehead atoms. The molecule has 0 spiro atoms. The Morgan fingerprint density at radius 3 is 2.50 bits per heavy atom. The first-order chi connectivity index (χ1) is 16.5. The Morgan fingerprint density at radius 1 is 1.00 bits per heavy atom. The molecule has 0 unspecified atom stereocenters. The lowest BCUT2D eigenvalue weighted by Gasteiger charge is -2.19. The molecule has 1 aromatic heterocycles. The van der Waals surface area contributed by atoms with Gasteiger partial charge in [0.2, 0.25) is 0 Å². The number of nitrogens with one attached hydrogen (secondary N) is 1. The van der Waals surface area contributed by atoms with Crippen LogP contribution in [0, 0.1) is 0 Å². The van der Waals surface area contributed by atoms with E-state index in [1.807, 2.05) is 0 Å². The van der Waals surface area contributed by atoms with E-state index in [0.29, 0.717) is 33.7 Å². The number of methoxy groups -OCH3 is 2. The van der Waals surface area contributed by atoms with Gasteiger partial charge >= 0.3 is 5.63 Å². The van der Waals surface area contributed by atoms with Gasteiger partial charge in [-0.15, -0.1) is 0 Å². The molecule has 1 aliphatic heterocycles. The number of fused-ring (bicyclic) bond motifs is 3. The zero-order valence-corrected chi connectivity index (χ0v) is 18.4. The lowest BCUT2D eigenvalue weighted by atomic mass is 9.88. The lowest BCUT2D eigenvalue weighted by molar-refractivity contribution is -0.122. The first-order valence-corrected chi connectivity index (χ1v) is 10.5. The number of carbonyl (C=O) groups excluding carboxylic acids is 1. The molecule has 2 heterocycles. The number of ether oxygens (including phenoxy) is 3. The average molecular weight is 459 g/mol. The highest BCUT2D eigenvalue weighted by Crippen LogP contribution is 2.45. The molecule has 0 radical (unpaired) electrons. The number of benzene rings is 3. The number of para-hydroxylation sites is 1. The van der Waals surface area contributed by atoms with E-state index in [0.717, 1.165) is 0 Å². The van der Waals surface area contributed by atoms with Gasteiger partial charge in [-0.05, 0) is 54.1 Å². The summed E-state index contributed by atoms with van der Waals surface area (Å²) in [4.78, 5) is 26.5. The van der Waals surface area contributed by atoms with E-state index < -0.39 is 23.6 Å². The molecule has 172 valence electrons. The Labute approximate surface area is 194 Å². The lowest BCUT2D eigenvalue weighted by Crippen LogP contribution is -2.35. The van der Waals surface area contributed by atoms with Crippen LogP contribution in [0.3, 0.4) is 0 Å². The maximum absolute atomic E-state index is 13.4. The molecule has 2 atom stereocenters. The number of hydrogen-bond acceptors (Lipinski definition) is 7. The van der Waals surface area contributed by atoms with Gasteiger partial charge in [-0.25, -0.2) is 4.79 Å². The molecule has 0 saturated carbocycles. The zero-order chi connectivity index (χ0) is 23.8. The SMILES string of the molecule is COc1ccc(NC(=O)[C@@H]2Oc3c(c(=O)oc4ccccc34)[C@H]2c2ccc(O)c(OC)c2)cc1. The molecule has 8 heteroatoms. The van der Waals surface area contributed by atoms with Gasteiger partial charge in [-0.3, -0.25) is 4.79 Å². The van der Waals surface area contributed by atoms with Crippen molar-refractivity contribution in [3.8, 4) is 23.0 Å². The van der Waals surface area contributed by atoms with E-state index in [2.05, 4.69) is 5.32 Å². The van der Waals surface area contributed by atoms with Crippen molar-refractivity contribution in [1.29, 1.82) is 0 Å². The van der Waals surface area contributed by atoms with Gasteiger partial charge in [0.1, 0.15) is 17.1 Å². The Balaban J connectivity index is 1.62. The van der Waals surface area contributed by atoms with Crippen LogP contribution in [0.15, 0.2) is 75.9 Å². The number of phenolic OH excluding ortho intramolecular Hbond substituents is 1. The van der Waals surface area contributed by atoms with Gasteiger partial charge in [0.15, 0.2) is 17.6 Å². The summed E-state index contributed by atoms with van der Waals surface area (Å²) in [5, 5.41) is 13.5. The molecular weight excluding hydrogens is 438 g/mol. The van der Waals surface area contributed by atoms with Crippen molar-refractivity contribution in [3.63, 3.8) is 0 Å². The van der Waals surface area contributed by atoms with E-state index >= 15 is 0 Å². The van der Waals surface area contributed by atoms with Crippen LogP contribution >= 0.6 is 0 Å². The molecule has 3 aromatic carbocycles. The second-order valence-electron chi connectivity index (χ2n) is 7.79. The van der Waals surface area contributed by atoms with Crippen LogP contribution in [-0.4, -0.2) is 31.3 Å². The third-order valence-corrected chi connectivity index (χ3v) is 5.84. The highest BCUT2D eigenvalue weighted by molar-refractivity contribution is 5.97. The Morgan fingerprint density at radius 2 is 1.76 bits per heavy atom. The summed E-state index contributed by atoms with van der Waals surface area (Å²) in [7, 11) is 2.98. The maximum Gasteiger partial charge on any atom is 0.344 e. The topological polar surface area (TPSA) is 107 Å². The Kier molecular flexibility index (Phi) is 5.33. The number of amides is 1. The van der Waals surface area contributed by atoms with Crippen molar-refractivity contribution in [3.05, 3.63) is 88.3 Å². The van der Waals surface area contributed by atoms with E-state index in [1.54, 1.807) is 67.8 Å². The van der Waals surface area contributed by atoms with Crippen molar-refractivity contribution in [2.75, 3.05) is 19.5 Å². The van der Waals surface area contributed by atoms with Gasteiger partial charge in [0.25, 0.3) is 5.91 Å². The summed E-state index contributed by atoms with van der Waals surface area (Å²) >= 11 is 0. The Bertz CT molecular complexity index is 1440. The molecule has 0 saturated heterocycles. The summed E-state index contributed by atoms with van der Waals surface area (Å²) in [6.45, 7) is 0. The molecule has 1 aliphatic rings. The van der Waals surface area contributed by atoms with Gasteiger partial charge < -0.3 is 29.1 Å². The maximum atomic E-state index is 13.4. The van der Waals surface area contributed by atoms with Gasteiger partial charge in [0.05, 0.1) is 31.1 Å². The number of carbonyl (C=O) groups is 1. The fourth-order valence-corrected chi connectivity index (χ4v) is 4.20. The van der Waals surface area contributed by atoms with Crippen LogP contribution in [0.4, 0.5) is 5.69 Å². The predicted octanol–water partition coefficient (Wildman–Crippen LogP) is 4.05. The minimum atomic E-state index is -1.07. The minimum absolute atomic E-state index is 0.0600. The van der Waals surface area contributed by atoms with Crippen molar-refractivity contribution < 1.29 is 28.5 Å². The number of anilines is 1. The predicted molar refractivity (Wildman–Crippen MR) is 125 cm³/mol. The first-order valence-electron chi connectivity index (χ1n) is 10.5. The molecule has 1 amide bonds. The fraction of sp³-hybridized carbons (Fsp3) is 0.154. The second-order valence-corrected chi connectivity index (χ2v) is 7.79. The minimum Gasteiger partial charge on any atom is -0.504 e. The molecule has 5 rings (SSSR count). The third kappa shape index (κ3) is 3.59. The van der Waals surface area contributed by atoms with Crippen LogP contribution in [0.25, 0.3) is 11.0 Å². The number of phenols is 1.